The lowest BCUT2D eigenvalue weighted by Crippen LogP contribution is -2.48. The van der Waals surface area contributed by atoms with Crippen LogP contribution in [0.4, 0.5) is 0 Å². The maximum atomic E-state index is 11.6. The van der Waals surface area contributed by atoms with Gasteiger partial charge in [0, 0.05) is 51.1 Å². The SMILES string of the molecule is O=C(O)CC1CCCC[C@H]1N1C[C@H](CN2CCC(O)(COCc3ccccc3)CC2)[C@@H](c2ccccc2)C1. The molecule has 2 aromatic rings. The molecule has 0 radical (unpaired) electrons. The molecular formula is C32H44N2O4. The van der Waals surface area contributed by atoms with E-state index in [9.17, 15) is 15.0 Å². The van der Waals surface area contributed by atoms with Gasteiger partial charge in [-0.1, -0.05) is 73.5 Å². The Labute approximate surface area is 227 Å². The summed E-state index contributed by atoms with van der Waals surface area (Å²) in [6.45, 7) is 5.75. The summed E-state index contributed by atoms with van der Waals surface area (Å²) >= 11 is 0. The lowest BCUT2D eigenvalue weighted by atomic mass is 9.81. The number of carboxylic acid groups (broad SMARTS) is 1. The number of hydrogen-bond acceptors (Lipinski definition) is 5. The molecule has 0 amide bonds. The Morgan fingerprint density at radius 3 is 2.32 bits per heavy atom. The van der Waals surface area contributed by atoms with Crippen LogP contribution in [0.15, 0.2) is 60.7 Å². The monoisotopic (exact) mass is 520 g/mol. The van der Waals surface area contributed by atoms with Crippen LogP contribution in [0.3, 0.4) is 0 Å². The molecular weight excluding hydrogens is 476 g/mol. The number of ether oxygens (including phenoxy) is 1. The van der Waals surface area contributed by atoms with Gasteiger partial charge in [0.15, 0.2) is 0 Å². The van der Waals surface area contributed by atoms with E-state index in [1.807, 2.05) is 18.2 Å². The van der Waals surface area contributed by atoms with E-state index in [0.717, 1.165) is 70.4 Å². The van der Waals surface area contributed by atoms with Crippen molar-refractivity contribution in [3.05, 3.63) is 71.8 Å². The normalized spacial score (nSPS) is 28.3. The largest absolute Gasteiger partial charge is 0.481 e. The predicted molar refractivity (Wildman–Crippen MR) is 149 cm³/mol. The van der Waals surface area contributed by atoms with E-state index < -0.39 is 11.6 Å². The molecule has 5 rings (SSSR count). The van der Waals surface area contributed by atoms with Crippen LogP contribution >= 0.6 is 0 Å². The predicted octanol–water partition coefficient (Wildman–Crippen LogP) is 4.78. The fraction of sp³-hybridized carbons (Fsp3) is 0.594. The summed E-state index contributed by atoms with van der Waals surface area (Å²) in [6, 6.07) is 21.4. The number of carboxylic acids is 1. The Balaban J connectivity index is 1.19. The van der Waals surface area contributed by atoms with Gasteiger partial charge in [-0.3, -0.25) is 9.69 Å². The van der Waals surface area contributed by atoms with E-state index in [4.69, 9.17) is 4.74 Å². The third-order valence-electron chi connectivity index (χ3n) is 9.23. The zero-order valence-corrected chi connectivity index (χ0v) is 22.6. The molecule has 2 N–H and O–H groups in total. The van der Waals surface area contributed by atoms with Gasteiger partial charge in [-0.05, 0) is 48.6 Å². The molecule has 6 nitrogen and oxygen atoms in total. The highest BCUT2D eigenvalue weighted by molar-refractivity contribution is 5.67. The van der Waals surface area contributed by atoms with Crippen LogP contribution in [-0.4, -0.2) is 77.0 Å². The number of likely N-dealkylation sites (tertiary alicyclic amines) is 2. The molecule has 38 heavy (non-hydrogen) atoms. The van der Waals surface area contributed by atoms with Crippen LogP contribution in [0.2, 0.25) is 0 Å². The Morgan fingerprint density at radius 1 is 0.921 bits per heavy atom. The Morgan fingerprint density at radius 2 is 1.61 bits per heavy atom. The van der Waals surface area contributed by atoms with Gasteiger partial charge in [-0.15, -0.1) is 0 Å². The fourth-order valence-corrected chi connectivity index (χ4v) is 7.13. The van der Waals surface area contributed by atoms with Crippen molar-refractivity contribution in [3.63, 3.8) is 0 Å². The first-order valence-electron chi connectivity index (χ1n) is 14.6. The first-order valence-corrected chi connectivity index (χ1v) is 14.6. The molecule has 4 atom stereocenters. The van der Waals surface area contributed by atoms with Crippen LogP contribution < -0.4 is 0 Å². The van der Waals surface area contributed by atoms with E-state index in [-0.39, 0.29) is 5.92 Å². The number of piperidine rings is 1. The molecule has 0 bridgehead atoms. The van der Waals surface area contributed by atoms with Gasteiger partial charge in [0.05, 0.1) is 18.8 Å². The van der Waals surface area contributed by atoms with Gasteiger partial charge in [-0.25, -0.2) is 0 Å². The molecule has 206 valence electrons. The fourth-order valence-electron chi connectivity index (χ4n) is 7.13. The molecule has 2 aromatic carbocycles. The van der Waals surface area contributed by atoms with E-state index >= 15 is 0 Å². The quantitative estimate of drug-likeness (QED) is 0.470. The Kier molecular flexibility index (Phi) is 9.16. The summed E-state index contributed by atoms with van der Waals surface area (Å²) in [6.07, 6.45) is 6.26. The van der Waals surface area contributed by atoms with Crippen molar-refractivity contribution in [2.45, 2.75) is 69.1 Å². The maximum absolute atomic E-state index is 11.6. The van der Waals surface area contributed by atoms with E-state index in [0.29, 0.717) is 37.5 Å². The average Bonchev–Trinajstić information content (AvgIpc) is 3.35. The number of benzene rings is 2. The molecule has 0 aromatic heterocycles. The number of aliphatic carboxylic acids is 1. The van der Waals surface area contributed by atoms with Gasteiger partial charge in [-0.2, -0.15) is 0 Å². The van der Waals surface area contributed by atoms with E-state index in [2.05, 4.69) is 52.3 Å². The standard InChI is InChI=1S/C32H44N2O4/c35-31(36)19-27-13-7-8-14-30(27)34-21-28(29(22-34)26-11-5-2-6-12-26)20-33-17-15-32(37,16-18-33)24-38-23-25-9-3-1-4-10-25/h1-6,9-12,27-30,37H,7-8,13-24H2,(H,35,36)/t27?,28-,29+,30+/m0/s1. The van der Waals surface area contributed by atoms with Crippen LogP contribution in [0.25, 0.3) is 0 Å². The van der Waals surface area contributed by atoms with Crippen molar-refractivity contribution in [1.82, 2.24) is 9.80 Å². The first kappa shape index (κ1) is 27.3. The zero-order valence-electron chi connectivity index (χ0n) is 22.6. The van der Waals surface area contributed by atoms with Gasteiger partial charge in [0.1, 0.15) is 0 Å². The van der Waals surface area contributed by atoms with Crippen LogP contribution in [0.5, 0.6) is 0 Å². The van der Waals surface area contributed by atoms with Crippen LogP contribution in [0.1, 0.15) is 62.0 Å². The van der Waals surface area contributed by atoms with Crippen molar-refractivity contribution in [2.24, 2.45) is 11.8 Å². The summed E-state index contributed by atoms with van der Waals surface area (Å²) in [7, 11) is 0. The number of nitrogens with zero attached hydrogens (tertiary/aromatic N) is 2. The lowest BCUT2D eigenvalue weighted by molar-refractivity contribution is -0.139. The molecule has 0 spiro atoms. The minimum Gasteiger partial charge on any atom is -0.481 e. The van der Waals surface area contributed by atoms with Crippen LogP contribution in [0, 0.1) is 11.8 Å². The Bertz CT molecular complexity index is 1010. The third kappa shape index (κ3) is 7.03. The molecule has 1 aliphatic carbocycles. The molecule has 1 unspecified atom stereocenters. The number of aliphatic hydroxyl groups is 1. The molecule has 2 heterocycles. The first-order chi connectivity index (χ1) is 18.5. The van der Waals surface area contributed by atoms with E-state index in [1.165, 1.54) is 12.0 Å². The highest BCUT2D eigenvalue weighted by atomic mass is 16.5. The summed E-state index contributed by atoms with van der Waals surface area (Å²) < 4.78 is 5.91. The highest BCUT2D eigenvalue weighted by Crippen LogP contribution is 2.40. The summed E-state index contributed by atoms with van der Waals surface area (Å²) in [5.41, 5.74) is 1.78. The number of rotatable bonds is 10. The van der Waals surface area contributed by atoms with Gasteiger partial charge in [0.25, 0.3) is 0 Å². The molecule has 1 saturated carbocycles. The van der Waals surface area contributed by atoms with Gasteiger partial charge in [0.2, 0.25) is 0 Å². The second-order valence-corrected chi connectivity index (χ2v) is 11.9. The van der Waals surface area contributed by atoms with Gasteiger partial charge < -0.3 is 19.8 Å². The van der Waals surface area contributed by atoms with Crippen molar-refractivity contribution < 1.29 is 19.7 Å². The highest BCUT2D eigenvalue weighted by Gasteiger charge is 2.42. The molecule has 3 aliphatic rings. The smallest absolute Gasteiger partial charge is 0.303 e. The molecule has 6 heteroatoms. The molecule has 2 aliphatic heterocycles. The van der Waals surface area contributed by atoms with Crippen molar-refractivity contribution in [2.75, 3.05) is 39.3 Å². The second-order valence-electron chi connectivity index (χ2n) is 11.9. The topological polar surface area (TPSA) is 73.2 Å². The van der Waals surface area contributed by atoms with Crippen molar-refractivity contribution in [1.29, 1.82) is 0 Å². The molecule has 3 fully saturated rings. The second kappa shape index (κ2) is 12.7. The number of hydrogen-bond donors (Lipinski definition) is 2. The average molecular weight is 521 g/mol. The summed E-state index contributed by atoms with van der Waals surface area (Å²) in [4.78, 5) is 16.7. The van der Waals surface area contributed by atoms with Gasteiger partial charge >= 0.3 is 5.97 Å². The van der Waals surface area contributed by atoms with Crippen LogP contribution in [-0.2, 0) is 16.1 Å². The summed E-state index contributed by atoms with van der Waals surface area (Å²) in [5.74, 6) is 0.562. The molecule has 2 saturated heterocycles. The third-order valence-corrected chi connectivity index (χ3v) is 9.23. The van der Waals surface area contributed by atoms with Crippen molar-refractivity contribution >= 4 is 5.97 Å². The lowest BCUT2D eigenvalue weighted by Gasteiger charge is -2.40. The number of carbonyl (C=O) groups is 1. The Hall–Kier alpha value is -2.25. The summed E-state index contributed by atoms with van der Waals surface area (Å²) in [5, 5.41) is 20.7. The maximum Gasteiger partial charge on any atom is 0.303 e. The zero-order chi connectivity index (χ0) is 26.4. The van der Waals surface area contributed by atoms with E-state index in [1.54, 1.807) is 0 Å². The minimum atomic E-state index is -0.752. The minimum absolute atomic E-state index is 0.261. The van der Waals surface area contributed by atoms with Crippen molar-refractivity contribution in [3.8, 4) is 0 Å².